The maximum Gasteiger partial charge on any atom is 0.223 e. The first kappa shape index (κ1) is 15.9. The quantitative estimate of drug-likeness (QED) is 0.670. The molecule has 1 amide bonds. The molecule has 0 saturated carbocycles. The van der Waals surface area contributed by atoms with Crippen LogP contribution in [0.3, 0.4) is 0 Å². The molecule has 0 aromatic carbocycles. The zero-order valence-corrected chi connectivity index (χ0v) is 11.0. The van der Waals surface area contributed by atoms with Crippen LogP contribution in [-0.4, -0.2) is 60.1 Å². The van der Waals surface area contributed by atoms with Gasteiger partial charge in [0.2, 0.25) is 5.91 Å². The van der Waals surface area contributed by atoms with Crippen molar-refractivity contribution in [2.45, 2.75) is 32.7 Å². The first-order valence-electron chi connectivity index (χ1n) is 5.98. The molecule has 0 fully saturated rings. The van der Waals surface area contributed by atoms with Crippen molar-refractivity contribution in [2.24, 2.45) is 0 Å². The molecule has 5 nitrogen and oxygen atoms in total. The van der Waals surface area contributed by atoms with Gasteiger partial charge in [-0.15, -0.1) is 0 Å². The Kier molecular flexibility index (Phi) is 8.38. The molecule has 1 N–H and O–H groups in total. The van der Waals surface area contributed by atoms with E-state index in [0.29, 0.717) is 38.5 Å². The highest BCUT2D eigenvalue weighted by molar-refractivity contribution is 5.76. The van der Waals surface area contributed by atoms with Crippen LogP contribution in [0.4, 0.5) is 0 Å². The van der Waals surface area contributed by atoms with Crippen molar-refractivity contribution in [3.05, 3.63) is 0 Å². The van der Waals surface area contributed by atoms with Gasteiger partial charge in [-0.25, -0.2) is 0 Å². The van der Waals surface area contributed by atoms with E-state index in [1.54, 1.807) is 11.9 Å². The molecule has 0 atom stereocenters. The fourth-order valence-electron chi connectivity index (χ4n) is 1.53. The molecule has 0 unspecified atom stereocenters. The molecule has 0 spiro atoms. The summed E-state index contributed by atoms with van der Waals surface area (Å²) in [6, 6.07) is 2.34. The lowest BCUT2D eigenvalue weighted by atomic mass is 10.2. The van der Waals surface area contributed by atoms with Crippen molar-refractivity contribution >= 4 is 5.91 Å². The summed E-state index contributed by atoms with van der Waals surface area (Å²) in [5, 5.41) is 17.3. The van der Waals surface area contributed by atoms with E-state index in [1.165, 1.54) is 0 Å². The number of nitrogens with zero attached hydrogens (tertiary/aromatic N) is 3. The van der Waals surface area contributed by atoms with Crippen LogP contribution in [0.1, 0.15) is 26.7 Å². The van der Waals surface area contributed by atoms with Gasteiger partial charge in [0.15, 0.2) is 0 Å². The Bertz CT molecular complexity index is 261. The van der Waals surface area contributed by atoms with Gasteiger partial charge in [0.25, 0.3) is 0 Å². The molecule has 0 aliphatic carbocycles. The third-order valence-corrected chi connectivity index (χ3v) is 2.72. The minimum atomic E-state index is 0.0452. The lowest BCUT2D eigenvalue weighted by molar-refractivity contribution is -0.130. The lowest BCUT2D eigenvalue weighted by Crippen LogP contribution is -2.37. The van der Waals surface area contributed by atoms with Gasteiger partial charge in [0.05, 0.1) is 19.1 Å². The monoisotopic (exact) mass is 241 g/mol. The largest absolute Gasteiger partial charge is 0.395 e. The van der Waals surface area contributed by atoms with Crippen LogP contribution in [0, 0.1) is 11.3 Å². The molecule has 0 aromatic heterocycles. The smallest absolute Gasteiger partial charge is 0.223 e. The van der Waals surface area contributed by atoms with Gasteiger partial charge >= 0.3 is 0 Å². The van der Waals surface area contributed by atoms with Crippen molar-refractivity contribution in [1.82, 2.24) is 9.80 Å². The average Bonchev–Trinajstić information content (AvgIpc) is 2.30. The topological polar surface area (TPSA) is 67.6 Å². The standard InChI is InChI=1S/C12H23N3O2/c1-11(2)15(9-10-16)8-5-12(17)14(3)7-4-6-13/h11,16H,4-5,7-10H2,1-3H3. The first-order chi connectivity index (χ1) is 8.02. The predicted molar refractivity (Wildman–Crippen MR) is 66.3 cm³/mol. The van der Waals surface area contributed by atoms with Crippen LogP contribution < -0.4 is 0 Å². The van der Waals surface area contributed by atoms with E-state index in [9.17, 15) is 4.79 Å². The molecule has 98 valence electrons. The van der Waals surface area contributed by atoms with Crippen molar-refractivity contribution < 1.29 is 9.90 Å². The van der Waals surface area contributed by atoms with E-state index in [2.05, 4.69) is 4.90 Å². The Morgan fingerprint density at radius 2 is 2.00 bits per heavy atom. The molecule has 17 heavy (non-hydrogen) atoms. The van der Waals surface area contributed by atoms with E-state index in [1.807, 2.05) is 19.9 Å². The molecule has 5 heteroatoms. The lowest BCUT2D eigenvalue weighted by Gasteiger charge is -2.26. The first-order valence-corrected chi connectivity index (χ1v) is 5.98. The average molecular weight is 241 g/mol. The van der Waals surface area contributed by atoms with E-state index in [0.717, 1.165) is 0 Å². The van der Waals surface area contributed by atoms with Crippen LogP contribution >= 0.6 is 0 Å². The molecule has 0 aliphatic heterocycles. The van der Waals surface area contributed by atoms with Gasteiger partial charge in [-0.05, 0) is 13.8 Å². The van der Waals surface area contributed by atoms with Gasteiger partial charge in [-0.1, -0.05) is 0 Å². The van der Waals surface area contributed by atoms with Gasteiger partial charge in [-0.2, -0.15) is 5.26 Å². The van der Waals surface area contributed by atoms with Crippen molar-refractivity contribution in [2.75, 3.05) is 33.3 Å². The summed E-state index contributed by atoms with van der Waals surface area (Å²) in [5.41, 5.74) is 0. The normalized spacial score (nSPS) is 10.6. The maximum absolute atomic E-state index is 11.7. The minimum absolute atomic E-state index is 0.0452. The van der Waals surface area contributed by atoms with Crippen LogP contribution in [0.2, 0.25) is 0 Å². The fourth-order valence-corrected chi connectivity index (χ4v) is 1.53. The fraction of sp³-hybridized carbons (Fsp3) is 0.833. The van der Waals surface area contributed by atoms with Gasteiger partial charge in [-0.3, -0.25) is 9.69 Å². The molecule has 0 aromatic rings. The van der Waals surface area contributed by atoms with Crippen LogP contribution in [-0.2, 0) is 4.79 Å². The molecule has 0 radical (unpaired) electrons. The van der Waals surface area contributed by atoms with E-state index < -0.39 is 0 Å². The summed E-state index contributed by atoms with van der Waals surface area (Å²) >= 11 is 0. The molecule has 0 saturated heterocycles. The number of aliphatic hydroxyl groups excluding tert-OH is 1. The van der Waals surface area contributed by atoms with E-state index >= 15 is 0 Å². The number of carbonyl (C=O) groups excluding carboxylic acids is 1. The molecular weight excluding hydrogens is 218 g/mol. The van der Waals surface area contributed by atoms with Gasteiger partial charge < -0.3 is 10.0 Å². The second-order valence-corrected chi connectivity index (χ2v) is 4.33. The molecule has 0 bridgehead atoms. The zero-order valence-electron chi connectivity index (χ0n) is 11.0. The Balaban J connectivity index is 3.99. The van der Waals surface area contributed by atoms with Gasteiger partial charge in [0, 0.05) is 39.1 Å². The summed E-state index contributed by atoms with van der Waals surface area (Å²) in [7, 11) is 1.71. The van der Waals surface area contributed by atoms with Gasteiger partial charge in [0.1, 0.15) is 0 Å². The van der Waals surface area contributed by atoms with Crippen LogP contribution in [0.15, 0.2) is 0 Å². The second-order valence-electron chi connectivity index (χ2n) is 4.33. The number of rotatable bonds is 8. The van der Waals surface area contributed by atoms with Crippen molar-refractivity contribution in [3.63, 3.8) is 0 Å². The third kappa shape index (κ3) is 6.93. The zero-order chi connectivity index (χ0) is 13.3. The van der Waals surface area contributed by atoms with E-state index in [4.69, 9.17) is 10.4 Å². The van der Waals surface area contributed by atoms with Crippen LogP contribution in [0.25, 0.3) is 0 Å². The Morgan fingerprint density at radius 3 is 2.47 bits per heavy atom. The number of hydrogen-bond acceptors (Lipinski definition) is 4. The van der Waals surface area contributed by atoms with Crippen molar-refractivity contribution in [1.29, 1.82) is 5.26 Å². The number of amides is 1. The SMILES string of the molecule is CC(C)N(CCO)CCC(=O)N(C)CCC#N. The molecule has 0 aliphatic rings. The highest BCUT2D eigenvalue weighted by Gasteiger charge is 2.13. The molecule has 0 rings (SSSR count). The summed E-state index contributed by atoms with van der Waals surface area (Å²) in [6.07, 6.45) is 0.798. The molecular formula is C12H23N3O2. The minimum Gasteiger partial charge on any atom is -0.395 e. The highest BCUT2D eigenvalue weighted by Crippen LogP contribution is 2.01. The Labute approximate surface area is 104 Å². The number of nitriles is 1. The summed E-state index contributed by atoms with van der Waals surface area (Å²) in [4.78, 5) is 15.4. The van der Waals surface area contributed by atoms with E-state index in [-0.39, 0.29) is 12.5 Å². The summed E-state index contributed by atoms with van der Waals surface area (Å²) < 4.78 is 0. The Morgan fingerprint density at radius 1 is 1.35 bits per heavy atom. The summed E-state index contributed by atoms with van der Waals surface area (Å²) in [5.74, 6) is 0.0452. The number of hydrogen-bond donors (Lipinski definition) is 1. The Hall–Kier alpha value is -1.12. The van der Waals surface area contributed by atoms with Crippen LogP contribution in [0.5, 0.6) is 0 Å². The summed E-state index contributed by atoms with van der Waals surface area (Å²) in [6.45, 7) is 5.91. The number of aliphatic hydroxyl groups is 1. The molecule has 0 heterocycles. The highest BCUT2D eigenvalue weighted by atomic mass is 16.3. The van der Waals surface area contributed by atoms with Crippen molar-refractivity contribution in [3.8, 4) is 6.07 Å². The third-order valence-electron chi connectivity index (χ3n) is 2.72. The maximum atomic E-state index is 11.7. The predicted octanol–water partition coefficient (Wildman–Crippen LogP) is 0.451. The second kappa shape index (κ2) is 8.97. The number of carbonyl (C=O) groups is 1.